The summed E-state index contributed by atoms with van der Waals surface area (Å²) < 4.78 is 38.5. The number of benzene rings is 2. The summed E-state index contributed by atoms with van der Waals surface area (Å²) in [6.07, 6.45) is -0.246. The van der Waals surface area contributed by atoms with Gasteiger partial charge in [-0.3, -0.25) is 9.59 Å². The lowest BCUT2D eigenvalue weighted by Gasteiger charge is -2.09. The molecule has 4 N–H and O–H groups in total. The van der Waals surface area contributed by atoms with Gasteiger partial charge >= 0.3 is 6.18 Å². The Balaban J connectivity index is 0.000000717. The topological polar surface area (TPSA) is 100 Å². The summed E-state index contributed by atoms with van der Waals surface area (Å²) in [5, 5.41) is 5.14. The van der Waals surface area contributed by atoms with Crippen LogP contribution in [0.25, 0.3) is 6.08 Å². The molecule has 0 bridgehead atoms. The zero-order chi connectivity index (χ0) is 27.4. The Labute approximate surface area is 214 Å². The van der Waals surface area contributed by atoms with Crippen molar-refractivity contribution in [2.24, 2.45) is 0 Å². The van der Waals surface area contributed by atoms with E-state index in [1.165, 1.54) is 30.5 Å². The molecular formula is C27H30F3N5O2. The smallest absolute Gasteiger partial charge is 0.382 e. The van der Waals surface area contributed by atoms with Crippen molar-refractivity contribution in [1.82, 2.24) is 9.88 Å². The minimum Gasteiger partial charge on any atom is -0.382 e. The molecule has 0 aliphatic rings. The highest BCUT2D eigenvalue weighted by molar-refractivity contribution is 6.05. The zero-order valence-corrected chi connectivity index (χ0v) is 20.8. The van der Waals surface area contributed by atoms with Crippen molar-refractivity contribution >= 4 is 35.1 Å². The molecule has 0 radical (unpaired) electrons. The maximum Gasteiger partial charge on any atom is 0.416 e. The molecule has 1 aromatic heterocycles. The largest absolute Gasteiger partial charge is 0.416 e. The molecule has 0 aliphatic heterocycles. The third-order valence-corrected chi connectivity index (χ3v) is 5.20. The van der Waals surface area contributed by atoms with Gasteiger partial charge in [0.05, 0.1) is 11.3 Å². The number of rotatable bonds is 7. The lowest BCUT2D eigenvalue weighted by atomic mass is 10.1. The molecule has 1 heterocycles. The number of carbonyl (C=O) groups excluding carboxylic acids is 2. The highest BCUT2D eigenvalue weighted by atomic mass is 19.4. The van der Waals surface area contributed by atoms with Crippen LogP contribution in [0.3, 0.4) is 0 Å². The van der Waals surface area contributed by atoms with Crippen LogP contribution in [0.15, 0.2) is 72.9 Å². The Morgan fingerprint density at radius 3 is 2.32 bits per heavy atom. The van der Waals surface area contributed by atoms with E-state index in [2.05, 4.69) is 41.4 Å². The lowest BCUT2D eigenvalue weighted by molar-refractivity contribution is -0.137. The number of halogens is 3. The highest BCUT2D eigenvalue weighted by Crippen LogP contribution is 2.29. The van der Waals surface area contributed by atoms with Crippen LogP contribution in [0.2, 0.25) is 0 Å². The van der Waals surface area contributed by atoms with E-state index < -0.39 is 23.6 Å². The summed E-state index contributed by atoms with van der Waals surface area (Å²) in [7, 11) is 2.11. The molecule has 196 valence electrons. The van der Waals surface area contributed by atoms with Crippen molar-refractivity contribution in [3.63, 3.8) is 0 Å². The molecule has 2 aromatic carbocycles. The Kier molecular flexibility index (Phi) is 10.8. The fraction of sp³-hybridized carbons (Fsp3) is 0.222. The van der Waals surface area contributed by atoms with Crippen molar-refractivity contribution in [3.8, 4) is 0 Å². The van der Waals surface area contributed by atoms with Crippen LogP contribution < -0.4 is 16.4 Å². The molecule has 0 saturated heterocycles. The number of nitrogen functional groups attached to an aromatic ring is 1. The Morgan fingerprint density at radius 2 is 1.70 bits per heavy atom. The first-order valence-corrected chi connectivity index (χ1v) is 11.5. The molecule has 0 saturated carbocycles. The van der Waals surface area contributed by atoms with Crippen molar-refractivity contribution < 1.29 is 22.8 Å². The Hall–Kier alpha value is -4.18. The van der Waals surface area contributed by atoms with Gasteiger partial charge in [-0.1, -0.05) is 32.0 Å². The standard InChI is InChI=1S/C22H17F3N4O2.C5H13N/c23-22(24,25)16-6-2-5-15(13-16)21(31)28-17-7-1-4-14(12-17)9-10-19(30)29-18-8-3-11-27-20(18)26;1-4-6(3)5-2/h1-13H,(H2,26,27)(H,28,31)(H,29,30);4-5H2,1-3H3/b10-9+;. The van der Waals surface area contributed by atoms with Gasteiger partial charge < -0.3 is 21.3 Å². The summed E-state index contributed by atoms with van der Waals surface area (Å²) in [5.74, 6) is -0.932. The third kappa shape index (κ3) is 9.77. The molecule has 10 heteroatoms. The van der Waals surface area contributed by atoms with E-state index in [-0.39, 0.29) is 11.4 Å². The second-order valence-corrected chi connectivity index (χ2v) is 7.91. The molecule has 2 amide bonds. The Bertz CT molecular complexity index is 1220. The van der Waals surface area contributed by atoms with Crippen LogP contribution in [0, 0.1) is 0 Å². The molecule has 0 atom stereocenters. The highest BCUT2D eigenvalue weighted by Gasteiger charge is 2.30. The fourth-order valence-corrected chi connectivity index (χ4v) is 2.85. The third-order valence-electron chi connectivity index (χ3n) is 5.20. The number of hydrogen-bond donors (Lipinski definition) is 3. The van der Waals surface area contributed by atoms with Crippen LogP contribution in [0.5, 0.6) is 0 Å². The van der Waals surface area contributed by atoms with E-state index in [4.69, 9.17) is 5.73 Å². The van der Waals surface area contributed by atoms with E-state index in [1.807, 2.05) is 0 Å². The first-order valence-electron chi connectivity index (χ1n) is 11.5. The second kappa shape index (κ2) is 13.8. The number of amides is 2. The average molecular weight is 514 g/mol. The average Bonchev–Trinajstić information content (AvgIpc) is 2.88. The molecule has 7 nitrogen and oxygen atoms in total. The van der Waals surface area contributed by atoms with Crippen molar-refractivity contribution in [1.29, 1.82) is 0 Å². The number of carbonyl (C=O) groups is 2. The van der Waals surface area contributed by atoms with Gasteiger partial charge in [0.1, 0.15) is 5.82 Å². The van der Waals surface area contributed by atoms with E-state index >= 15 is 0 Å². The number of nitrogens with one attached hydrogen (secondary N) is 2. The predicted molar refractivity (Wildman–Crippen MR) is 141 cm³/mol. The zero-order valence-electron chi connectivity index (χ0n) is 20.8. The lowest BCUT2D eigenvalue weighted by Crippen LogP contribution is -2.15. The Morgan fingerprint density at radius 1 is 1.00 bits per heavy atom. The van der Waals surface area contributed by atoms with Crippen LogP contribution in [0.1, 0.15) is 35.3 Å². The van der Waals surface area contributed by atoms with Crippen molar-refractivity contribution in [3.05, 3.63) is 89.6 Å². The van der Waals surface area contributed by atoms with Gasteiger partial charge in [-0.2, -0.15) is 13.2 Å². The number of aromatic nitrogens is 1. The van der Waals surface area contributed by atoms with Gasteiger partial charge in [0.2, 0.25) is 5.91 Å². The normalized spacial score (nSPS) is 11.1. The van der Waals surface area contributed by atoms with E-state index in [1.54, 1.807) is 36.4 Å². The second-order valence-electron chi connectivity index (χ2n) is 7.91. The first-order chi connectivity index (χ1) is 17.5. The summed E-state index contributed by atoms with van der Waals surface area (Å²) in [6.45, 7) is 6.64. The van der Waals surface area contributed by atoms with Crippen LogP contribution in [0.4, 0.5) is 30.4 Å². The molecule has 0 aliphatic carbocycles. The molecule has 3 aromatic rings. The SMILES string of the molecule is CCN(C)CC.Nc1ncccc1NC(=O)/C=C/c1cccc(NC(=O)c2cccc(C(F)(F)F)c2)c1. The number of nitrogens with two attached hydrogens (primary N) is 1. The van der Waals surface area contributed by atoms with Crippen molar-refractivity contribution in [2.75, 3.05) is 36.5 Å². The van der Waals surface area contributed by atoms with E-state index in [0.29, 0.717) is 16.9 Å². The molecule has 37 heavy (non-hydrogen) atoms. The van der Waals surface area contributed by atoms with Gasteiger partial charge in [0, 0.05) is 23.5 Å². The molecule has 0 spiro atoms. The van der Waals surface area contributed by atoms with Gasteiger partial charge in [-0.15, -0.1) is 0 Å². The fourth-order valence-electron chi connectivity index (χ4n) is 2.85. The predicted octanol–water partition coefficient (Wildman–Crippen LogP) is 5.54. The number of anilines is 3. The molecular weight excluding hydrogens is 483 g/mol. The summed E-state index contributed by atoms with van der Waals surface area (Å²) in [6, 6.07) is 13.9. The van der Waals surface area contributed by atoms with Crippen LogP contribution in [-0.2, 0) is 11.0 Å². The number of nitrogens with zero attached hydrogens (tertiary/aromatic N) is 2. The quantitative estimate of drug-likeness (QED) is 0.360. The van der Waals surface area contributed by atoms with E-state index in [0.717, 1.165) is 25.2 Å². The van der Waals surface area contributed by atoms with Gasteiger partial charge in [-0.25, -0.2) is 4.98 Å². The molecule has 3 rings (SSSR count). The van der Waals surface area contributed by atoms with E-state index in [9.17, 15) is 22.8 Å². The summed E-state index contributed by atoms with van der Waals surface area (Å²) in [4.78, 5) is 30.5. The minimum absolute atomic E-state index is 0.121. The number of alkyl halides is 3. The van der Waals surface area contributed by atoms with Gasteiger partial charge in [0.15, 0.2) is 0 Å². The maximum absolute atomic E-state index is 12.8. The summed E-state index contributed by atoms with van der Waals surface area (Å²) in [5.41, 5.74) is 5.97. The molecule has 0 fully saturated rings. The molecule has 0 unspecified atom stereocenters. The number of hydrogen-bond acceptors (Lipinski definition) is 5. The first kappa shape index (κ1) is 29.1. The van der Waals surface area contributed by atoms with Gasteiger partial charge in [-0.05, 0) is 74.2 Å². The monoisotopic (exact) mass is 513 g/mol. The minimum atomic E-state index is -4.54. The van der Waals surface area contributed by atoms with Crippen molar-refractivity contribution in [2.45, 2.75) is 20.0 Å². The number of pyridine rings is 1. The maximum atomic E-state index is 12.8. The summed E-state index contributed by atoms with van der Waals surface area (Å²) >= 11 is 0. The van der Waals surface area contributed by atoms with Crippen LogP contribution >= 0.6 is 0 Å². The van der Waals surface area contributed by atoms with Gasteiger partial charge in [0.25, 0.3) is 5.91 Å². The van der Waals surface area contributed by atoms with Crippen LogP contribution in [-0.4, -0.2) is 41.8 Å².